The van der Waals surface area contributed by atoms with E-state index < -0.39 is 6.10 Å². The minimum Gasteiger partial charge on any atom is -0.462 e. The van der Waals surface area contributed by atoms with Crippen LogP contribution < -0.4 is 0 Å². The van der Waals surface area contributed by atoms with Gasteiger partial charge >= 0.3 is 11.9 Å². The number of allylic oxidation sites excluding steroid dienone is 12. The summed E-state index contributed by atoms with van der Waals surface area (Å²) in [5, 5.41) is 0. The summed E-state index contributed by atoms with van der Waals surface area (Å²) in [6.45, 7) is 7.71. The first kappa shape index (κ1) is 67.3. The quantitative estimate of drug-likeness (QED) is 0.0345. The number of rotatable bonds is 56. The Morgan fingerprint density at radius 1 is 0.329 bits per heavy atom. The third kappa shape index (κ3) is 57.9. The van der Waals surface area contributed by atoms with Gasteiger partial charge in [0.25, 0.3) is 0 Å². The van der Waals surface area contributed by atoms with Crippen LogP contribution in [-0.2, 0) is 23.8 Å². The average Bonchev–Trinajstić information content (AvgIpc) is 3.36. The highest BCUT2D eigenvalue weighted by Crippen LogP contribution is 2.15. The highest BCUT2D eigenvalue weighted by Gasteiger charge is 2.17. The standard InChI is InChI=1S/C65H116O5/c1-4-7-10-13-16-19-22-25-28-31-32-33-36-39-42-45-48-51-54-57-60-68-61-63(70-65(67)59-56-53-50-47-44-41-38-35-30-27-24-21-18-15-12-9-6-3)62-69-64(66)58-55-52-49-46-43-40-37-34-29-26-23-20-17-14-11-8-5-2/h8,11,17-18,20-21,25-30,63H,4-7,9-10,12-16,19,22-24,31-62H2,1-3H3/b11-8-,20-17-,21-18-,28-25-,29-26-,30-27-. The summed E-state index contributed by atoms with van der Waals surface area (Å²) >= 11 is 0. The third-order valence-corrected chi connectivity index (χ3v) is 13.2. The number of unbranched alkanes of at least 4 members (excludes halogenated alkanes) is 33. The van der Waals surface area contributed by atoms with Crippen molar-refractivity contribution in [2.75, 3.05) is 19.8 Å². The van der Waals surface area contributed by atoms with Gasteiger partial charge in [0.15, 0.2) is 6.10 Å². The normalized spacial score (nSPS) is 12.7. The number of carbonyl (C=O) groups is 2. The number of esters is 2. The van der Waals surface area contributed by atoms with Crippen LogP contribution in [0.25, 0.3) is 0 Å². The van der Waals surface area contributed by atoms with Gasteiger partial charge in [-0.05, 0) is 109 Å². The molecule has 5 heteroatoms. The molecular weight excluding hydrogens is 861 g/mol. The van der Waals surface area contributed by atoms with Crippen LogP contribution in [0.1, 0.15) is 303 Å². The van der Waals surface area contributed by atoms with Crippen molar-refractivity contribution >= 4 is 11.9 Å². The highest BCUT2D eigenvalue weighted by molar-refractivity contribution is 5.70. The van der Waals surface area contributed by atoms with Crippen molar-refractivity contribution in [2.24, 2.45) is 0 Å². The van der Waals surface area contributed by atoms with Gasteiger partial charge in [-0.3, -0.25) is 9.59 Å². The molecule has 0 aromatic carbocycles. The Labute approximate surface area is 436 Å². The average molecular weight is 978 g/mol. The van der Waals surface area contributed by atoms with Crippen molar-refractivity contribution in [3.05, 3.63) is 72.9 Å². The fourth-order valence-electron chi connectivity index (χ4n) is 8.67. The zero-order valence-electron chi connectivity index (χ0n) is 46.8. The molecule has 0 aliphatic rings. The van der Waals surface area contributed by atoms with Crippen molar-refractivity contribution in [2.45, 2.75) is 309 Å². The van der Waals surface area contributed by atoms with Gasteiger partial charge in [0, 0.05) is 19.4 Å². The van der Waals surface area contributed by atoms with Gasteiger partial charge in [-0.15, -0.1) is 0 Å². The van der Waals surface area contributed by atoms with Gasteiger partial charge in [0.2, 0.25) is 0 Å². The summed E-state index contributed by atoms with van der Waals surface area (Å²) in [6, 6.07) is 0. The maximum atomic E-state index is 12.9. The second-order valence-electron chi connectivity index (χ2n) is 20.2. The van der Waals surface area contributed by atoms with E-state index in [4.69, 9.17) is 14.2 Å². The molecule has 0 saturated carbocycles. The van der Waals surface area contributed by atoms with Crippen LogP contribution in [0, 0.1) is 0 Å². The molecule has 1 atom stereocenters. The minimum atomic E-state index is -0.548. The summed E-state index contributed by atoms with van der Waals surface area (Å²) in [7, 11) is 0. The Morgan fingerprint density at radius 2 is 0.643 bits per heavy atom. The van der Waals surface area contributed by atoms with Crippen LogP contribution in [0.2, 0.25) is 0 Å². The monoisotopic (exact) mass is 977 g/mol. The minimum absolute atomic E-state index is 0.0759. The second-order valence-corrected chi connectivity index (χ2v) is 20.2. The van der Waals surface area contributed by atoms with Gasteiger partial charge in [-0.2, -0.15) is 0 Å². The van der Waals surface area contributed by atoms with Crippen LogP contribution >= 0.6 is 0 Å². The molecule has 0 saturated heterocycles. The van der Waals surface area contributed by atoms with Crippen LogP contribution in [-0.4, -0.2) is 37.9 Å². The number of carbonyl (C=O) groups excluding carboxylic acids is 2. The van der Waals surface area contributed by atoms with Crippen LogP contribution in [0.4, 0.5) is 0 Å². The topological polar surface area (TPSA) is 61.8 Å². The maximum absolute atomic E-state index is 12.9. The van der Waals surface area contributed by atoms with Crippen molar-refractivity contribution in [1.29, 1.82) is 0 Å². The molecular formula is C65H116O5. The Balaban J connectivity index is 4.29. The van der Waals surface area contributed by atoms with E-state index in [1.54, 1.807) is 0 Å². The van der Waals surface area contributed by atoms with Gasteiger partial charge in [0.05, 0.1) is 6.61 Å². The molecule has 0 aromatic heterocycles. The summed E-state index contributed by atoms with van der Waals surface area (Å²) in [5.74, 6) is -0.408. The summed E-state index contributed by atoms with van der Waals surface area (Å²) in [5.41, 5.74) is 0. The highest BCUT2D eigenvalue weighted by atomic mass is 16.6. The molecule has 0 radical (unpaired) electrons. The van der Waals surface area contributed by atoms with E-state index in [0.29, 0.717) is 19.4 Å². The zero-order chi connectivity index (χ0) is 50.6. The lowest BCUT2D eigenvalue weighted by Gasteiger charge is -2.18. The fraction of sp³-hybridized carbons (Fsp3) is 0.785. The molecule has 0 spiro atoms. The molecule has 70 heavy (non-hydrogen) atoms. The van der Waals surface area contributed by atoms with Crippen LogP contribution in [0.5, 0.6) is 0 Å². The molecule has 0 aromatic rings. The molecule has 0 amide bonds. The summed E-state index contributed by atoms with van der Waals surface area (Å²) < 4.78 is 17.5. The molecule has 0 aliphatic carbocycles. The summed E-state index contributed by atoms with van der Waals surface area (Å²) in [6.07, 6.45) is 79.3. The number of ether oxygens (including phenoxy) is 3. The predicted octanol–water partition coefficient (Wildman–Crippen LogP) is 21.0. The van der Waals surface area contributed by atoms with Crippen molar-refractivity contribution in [1.82, 2.24) is 0 Å². The smallest absolute Gasteiger partial charge is 0.306 e. The lowest BCUT2D eigenvalue weighted by atomic mass is 10.1. The van der Waals surface area contributed by atoms with Crippen LogP contribution in [0.15, 0.2) is 72.9 Å². The van der Waals surface area contributed by atoms with E-state index in [0.717, 1.165) is 83.5 Å². The SMILES string of the molecule is CC/C=C\C/C=C\C/C=C\CCCCCCCCCC(=O)OCC(COCCCCCCCCCCCC/C=C\CCCCCCCC)OC(=O)CCCCCCCCC/C=C\C/C=C\CCCCC. The zero-order valence-corrected chi connectivity index (χ0v) is 46.8. The number of hydrogen-bond acceptors (Lipinski definition) is 5. The Kier molecular flexibility index (Phi) is 58.3. The van der Waals surface area contributed by atoms with E-state index in [2.05, 4.69) is 93.7 Å². The molecule has 0 N–H and O–H groups in total. The molecule has 5 nitrogen and oxygen atoms in total. The molecule has 406 valence electrons. The molecule has 1 unspecified atom stereocenters. The van der Waals surface area contributed by atoms with Crippen molar-refractivity contribution in [3.8, 4) is 0 Å². The Morgan fingerprint density at radius 3 is 1.07 bits per heavy atom. The number of hydrogen-bond donors (Lipinski definition) is 0. The van der Waals surface area contributed by atoms with Gasteiger partial charge < -0.3 is 14.2 Å². The maximum Gasteiger partial charge on any atom is 0.306 e. The first-order valence-electron chi connectivity index (χ1n) is 30.5. The summed E-state index contributed by atoms with van der Waals surface area (Å²) in [4.78, 5) is 25.6. The van der Waals surface area contributed by atoms with Gasteiger partial charge in [0.1, 0.15) is 6.61 Å². The molecule has 0 aliphatic heterocycles. The van der Waals surface area contributed by atoms with Gasteiger partial charge in [-0.25, -0.2) is 0 Å². The Bertz CT molecular complexity index is 1240. The Hall–Kier alpha value is -2.66. The van der Waals surface area contributed by atoms with E-state index >= 15 is 0 Å². The second kappa shape index (κ2) is 60.6. The first-order valence-corrected chi connectivity index (χ1v) is 30.5. The van der Waals surface area contributed by atoms with Crippen molar-refractivity contribution in [3.63, 3.8) is 0 Å². The van der Waals surface area contributed by atoms with E-state index in [1.807, 2.05) is 0 Å². The first-order chi connectivity index (χ1) is 34.6. The lowest BCUT2D eigenvalue weighted by Crippen LogP contribution is -2.30. The molecule has 0 rings (SSSR count). The fourth-order valence-corrected chi connectivity index (χ4v) is 8.67. The predicted molar refractivity (Wildman–Crippen MR) is 307 cm³/mol. The third-order valence-electron chi connectivity index (χ3n) is 13.2. The van der Waals surface area contributed by atoms with E-state index in [1.165, 1.54) is 186 Å². The largest absolute Gasteiger partial charge is 0.462 e. The van der Waals surface area contributed by atoms with E-state index in [9.17, 15) is 9.59 Å². The lowest BCUT2D eigenvalue weighted by molar-refractivity contribution is -0.163. The molecule has 0 fully saturated rings. The molecule has 0 bridgehead atoms. The van der Waals surface area contributed by atoms with E-state index in [-0.39, 0.29) is 25.2 Å². The van der Waals surface area contributed by atoms with Gasteiger partial charge in [-0.1, -0.05) is 254 Å². The van der Waals surface area contributed by atoms with Crippen LogP contribution in [0.3, 0.4) is 0 Å². The molecule has 0 heterocycles. The van der Waals surface area contributed by atoms with Crippen molar-refractivity contribution < 1.29 is 23.8 Å².